The summed E-state index contributed by atoms with van der Waals surface area (Å²) < 4.78 is 5.38. The van der Waals surface area contributed by atoms with Gasteiger partial charge in [0.1, 0.15) is 0 Å². The largest absolute Gasteiger partial charge is 0.377 e. The van der Waals surface area contributed by atoms with Crippen LogP contribution in [0.5, 0.6) is 0 Å². The van der Waals surface area contributed by atoms with Crippen molar-refractivity contribution in [3.05, 3.63) is 64.7 Å². The second-order valence-electron chi connectivity index (χ2n) is 6.23. The van der Waals surface area contributed by atoms with Gasteiger partial charge in [0.15, 0.2) is 0 Å². The van der Waals surface area contributed by atoms with Gasteiger partial charge in [-0.1, -0.05) is 23.7 Å². The van der Waals surface area contributed by atoms with E-state index in [1.165, 1.54) is 0 Å². The van der Waals surface area contributed by atoms with Crippen molar-refractivity contribution >= 4 is 23.2 Å². The molecule has 2 aromatic carbocycles. The van der Waals surface area contributed by atoms with E-state index in [0.717, 1.165) is 17.8 Å². The third-order valence-corrected chi connectivity index (χ3v) is 3.98. The molecule has 0 saturated carbocycles. The van der Waals surface area contributed by atoms with Gasteiger partial charge in [-0.25, -0.2) is 0 Å². The fourth-order valence-electron chi connectivity index (χ4n) is 2.14. The second-order valence-corrected chi connectivity index (χ2v) is 6.67. The molecule has 0 aliphatic heterocycles. The Bertz CT molecular complexity index is 684. The Morgan fingerprint density at radius 1 is 1.17 bits per heavy atom. The molecule has 1 amide bonds. The average Bonchev–Trinajstić information content (AvgIpc) is 2.55. The van der Waals surface area contributed by atoms with Crippen molar-refractivity contribution in [1.82, 2.24) is 5.32 Å². The molecular formula is C19H23ClN2O2. The van der Waals surface area contributed by atoms with Crippen molar-refractivity contribution in [2.24, 2.45) is 0 Å². The Balaban J connectivity index is 1.95. The van der Waals surface area contributed by atoms with Crippen molar-refractivity contribution in [2.75, 3.05) is 19.0 Å². The number of methoxy groups -OCH3 is 1. The van der Waals surface area contributed by atoms with E-state index in [2.05, 4.69) is 10.6 Å². The molecule has 0 aliphatic rings. The minimum atomic E-state index is -0.208. The molecule has 0 aromatic heterocycles. The van der Waals surface area contributed by atoms with E-state index in [4.69, 9.17) is 16.3 Å². The molecule has 24 heavy (non-hydrogen) atoms. The highest BCUT2D eigenvalue weighted by Gasteiger charge is 2.15. The molecule has 0 saturated heterocycles. The molecule has 5 heteroatoms. The van der Waals surface area contributed by atoms with Gasteiger partial charge in [-0.3, -0.25) is 4.79 Å². The predicted molar refractivity (Wildman–Crippen MR) is 98.6 cm³/mol. The smallest absolute Gasteiger partial charge is 0.255 e. The summed E-state index contributed by atoms with van der Waals surface area (Å²) in [5.41, 5.74) is 2.22. The lowest BCUT2D eigenvalue weighted by atomic mass is 10.1. The number of carbonyl (C=O) groups excluding carboxylic acids is 1. The molecule has 2 N–H and O–H groups in total. The van der Waals surface area contributed by atoms with Crippen LogP contribution in [0.25, 0.3) is 0 Å². The first-order valence-corrected chi connectivity index (χ1v) is 8.19. The molecule has 0 unspecified atom stereocenters. The molecule has 4 nitrogen and oxygen atoms in total. The first kappa shape index (κ1) is 18.5. The SMILES string of the molecule is COC(C)(C)CNCc1cccc(NC(=O)c2ccc(Cl)cc2)c1. The Labute approximate surface area is 148 Å². The van der Waals surface area contributed by atoms with Crippen molar-refractivity contribution in [3.63, 3.8) is 0 Å². The lowest BCUT2D eigenvalue weighted by Gasteiger charge is -2.23. The number of ether oxygens (including phenoxy) is 1. The molecule has 128 valence electrons. The second kappa shape index (κ2) is 8.29. The fraction of sp³-hybridized carbons (Fsp3) is 0.316. The van der Waals surface area contributed by atoms with Gasteiger partial charge in [-0.05, 0) is 55.8 Å². The molecule has 0 heterocycles. The van der Waals surface area contributed by atoms with Crippen molar-refractivity contribution < 1.29 is 9.53 Å². The van der Waals surface area contributed by atoms with E-state index < -0.39 is 0 Å². The van der Waals surface area contributed by atoms with Gasteiger partial charge in [0.05, 0.1) is 5.60 Å². The van der Waals surface area contributed by atoms with Crippen LogP contribution in [0.1, 0.15) is 29.8 Å². The highest BCUT2D eigenvalue weighted by molar-refractivity contribution is 6.30. The number of carbonyl (C=O) groups is 1. The zero-order chi connectivity index (χ0) is 17.6. The first-order valence-electron chi connectivity index (χ1n) is 7.81. The van der Waals surface area contributed by atoms with E-state index in [-0.39, 0.29) is 11.5 Å². The summed E-state index contributed by atoms with van der Waals surface area (Å²) in [6, 6.07) is 14.6. The van der Waals surface area contributed by atoms with Crippen molar-refractivity contribution in [1.29, 1.82) is 0 Å². The molecule has 0 atom stereocenters. The quantitative estimate of drug-likeness (QED) is 0.793. The molecule has 0 spiro atoms. The van der Waals surface area contributed by atoms with Crippen LogP contribution in [-0.2, 0) is 11.3 Å². The summed E-state index contributed by atoms with van der Waals surface area (Å²) in [6.07, 6.45) is 0. The maximum atomic E-state index is 12.2. The third-order valence-electron chi connectivity index (χ3n) is 3.72. The Morgan fingerprint density at radius 3 is 2.54 bits per heavy atom. The number of amides is 1. The average molecular weight is 347 g/mol. The molecule has 2 aromatic rings. The number of nitrogens with one attached hydrogen (secondary N) is 2. The molecule has 2 rings (SSSR count). The number of benzene rings is 2. The van der Waals surface area contributed by atoms with Crippen molar-refractivity contribution in [3.8, 4) is 0 Å². The molecule has 0 fully saturated rings. The number of halogens is 1. The van der Waals surface area contributed by atoms with Crippen LogP contribution in [0.3, 0.4) is 0 Å². The Morgan fingerprint density at radius 2 is 1.88 bits per heavy atom. The van der Waals surface area contributed by atoms with Crippen LogP contribution in [-0.4, -0.2) is 25.2 Å². The van der Waals surface area contributed by atoms with Crippen LogP contribution < -0.4 is 10.6 Å². The summed E-state index contributed by atoms with van der Waals surface area (Å²) in [5.74, 6) is -0.155. The molecule has 0 bridgehead atoms. The van der Waals surface area contributed by atoms with Gasteiger partial charge in [0.2, 0.25) is 0 Å². The lowest BCUT2D eigenvalue weighted by Crippen LogP contribution is -2.36. The predicted octanol–water partition coefficient (Wildman–Crippen LogP) is 4.11. The number of hydrogen-bond donors (Lipinski definition) is 2. The van der Waals surface area contributed by atoms with Crippen LogP contribution in [0.15, 0.2) is 48.5 Å². The molecule has 0 aliphatic carbocycles. The first-order chi connectivity index (χ1) is 11.4. The minimum absolute atomic E-state index is 0.155. The standard InChI is InChI=1S/C19H23ClN2O2/c1-19(2,24-3)13-21-12-14-5-4-6-17(11-14)22-18(23)15-7-9-16(20)10-8-15/h4-11,21H,12-13H2,1-3H3,(H,22,23). The topological polar surface area (TPSA) is 50.4 Å². The third kappa shape index (κ3) is 5.64. The number of hydrogen-bond acceptors (Lipinski definition) is 3. The van der Waals surface area contributed by atoms with E-state index in [1.54, 1.807) is 31.4 Å². The lowest BCUT2D eigenvalue weighted by molar-refractivity contribution is 0.0230. The van der Waals surface area contributed by atoms with Gasteiger partial charge in [0.25, 0.3) is 5.91 Å². The van der Waals surface area contributed by atoms with Gasteiger partial charge in [-0.15, -0.1) is 0 Å². The molecular weight excluding hydrogens is 324 g/mol. The number of anilines is 1. The van der Waals surface area contributed by atoms with E-state index in [0.29, 0.717) is 17.1 Å². The maximum Gasteiger partial charge on any atom is 0.255 e. The van der Waals surface area contributed by atoms with Crippen LogP contribution >= 0.6 is 11.6 Å². The molecule has 0 radical (unpaired) electrons. The van der Waals surface area contributed by atoms with Crippen LogP contribution in [0.4, 0.5) is 5.69 Å². The summed E-state index contributed by atoms with van der Waals surface area (Å²) in [5, 5.41) is 6.87. The minimum Gasteiger partial charge on any atom is -0.377 e. The van der Waals surface area contributed by atoms with E-state index >= 15 is 0 Å². The Hall–Kier alpha value is -1.88. The Kier molecular flexibility index (Phi) is 6.37. The summed E-state index contributed by atoms with van der Waals surface area (Å²) in [4.78, 5) is 12.2. The zero-order valence-electron chi connectivity index (χ0n) is 14.2. The summed E-state index contributed by atoms with van der Waals surface area (Å²) in [6.45, 7) is 5.51. The maximum absolute atomic E-state index is 12.2. The van der Waals surface area contributed by atoms with Gasteiger partial charge < -0.3 is 15.4 Å². The normalized spacial score (nSPS) is 11.3. The van der Waals surface area contributed by atoms with Gasteiger partial charge in [-0.2, -0.15) is 0 Å². The summed E-state index contributed by atoms with van der Waals surface area (Å²) >= 11 is 5.84. The van der Waals surface area contributed by atoms with Crippen molar-refractivity contribution in [2.45, 2.75) is 26.0 Å². The number of rotatable bonds is 7. The van der Waals surface area contributed by atoms with Crippen LogP contribution in [0, 0.1) is 0 Å². The highest BCUT2D eigenvalue weighted by Crippen LogP contribution is 2.14. The van der Waals surface area contributed by atoms with E-state index in [9.17, 15) is 4.79 Å². The monoisotopic (exact) mass is 346 g/mol. The van der Waals surface area contributed by atoms with Crippen LogP contribution in [0.2, 0.25) is 5.02 Å². The summed E-state index contributed by atoms with van der Waals surface area (Å²) in [7, 11) is 1.70. The van der Waals surface area contributed by atoms with Gasteiger partial charge >= 0.3 is 0 Å². The van der Waals surface area contributed by atoms with E-state index in [1.807, 2.05) is 38.1 Å². The van der Waals surface area contributed by atoms with Gasteiger partial charge in [0, 0.05) is 36.5 Å². The zero-order valence-corrected chi connectivity index (χ0v) is 15.0. The fourth-order valence-corrected chi connectivity index (χ4v) is 2.27. The highest BCUT2D eigenvalue weighted by atomic mass is 35.5.